The summed E-state index contributed by atoms with van der Waals surface area (Å²) in [7, 11) is 1.24. The zero-order valence-electron chi connectivity index (χ0n) is 17.1. The van der Waals surface area contributed by atoms with Gasteiger partial charge in [-0.1, -0.05) is 19.9 Å². The summed E-state index contributed by atoms with van der Waals surface area (Å²) in [5.41, 5.74) is 4.01. The highest BCUT2D eigenvalue weighted by Crippen LogP contribution is 2.10. The summed E-state index contributed by atoms with van der Waals surface area (Å²) >= 11 is 1.21. The summed E-state index contributed by atoms with van der Waals surface area (Å²) in [5.74, 6) is -2.36. The van der Waals surface area contributed by atoms with Gasteiger partial charge in [-0.15, -0.1) is 11.3 Å². The molecule has 0 saturated heterocycles. The number of Topliss-reactive ketones (excluding diaryl/α,β-unsaturated/α-hetero) is 1. The fourth-order valence-corrected chi connectivity index (χ4v) is 3.28. The first-order valence-corrected chi connectivity index (χ1v) is 10.1. The number of ether oxygens (including phenoxy) is 1. The molecule has 0 saturated carbocycles. The number of nitrogen functional groups attached to an aromatic ring is 1. The normalized spacial score (nSPS) is 11.9. The number of carbonyl (C=O) groups excluding carboxylic acids is 3. The largest absolute Gasteiger partial charge is 0.456 e. The SMILES string of the molecule is CC(C)Cn1c(N)c(C(=O)COC(=O)C(C)NC(=O)c2cccs2)c(=O)n(C)c1=O. The van der Waals surface area contributed by atoms with Gasteiger partial charge in [0.25, 0.3) is 11.5 Å². The van der Waals surface area contributed by atoms with E-state index in [1.807, 2.05) is 13.8 Å². The molecule has 0 aliphatic heterocycles. The van der Waals surface area contributed by atoms with Crippen LogP contribution >= 0.6 is 11.3 Å². The Hall–Kier alpha value is -3.21. The number of ketones is 1. The highest BCUT2D eigenvalue weighted by Gasteiger charge is 2.24. The lowest BCUT2D eigenvalue weighted by molar-refractivity contribution is -0.144. The molecule has 0 aliphatic carbocycles. The van der Waals surface area contributed by atoms with E-state index < -0.39 is 47.1 Å². The minimum atomic E-state index is -1.01. The quantitative estimate of drug-likeness (QED) is 0.450. The maximum atomic E-state index is 12.6. The van der Waals surface area contributed by atoms with Gasteiger partial charge in [0, 0.05) is 13.6 Å². The van der Waals surface area contributed by atoms with E-state index in [1.54, 1.807) is 17.5 Å². The second-order valence-electron chi connectivity index (χ2n) is 7.11. The first kappa shape index (κ1) is 23.1. The molecular weight excluding hydrogens is 412 g/mol. The number of hydrogen-bond acceptors (Lipinski definition) is 8. The lowest BCUT2D eigenvalue weighted by Gasteiger charge is -2.16. The van der Waals surface area contributed by atoms with E-state index in [4.69, 9.17) is 10.5 Å². The van der Waals surface area contributed by atoms with Gasteiger partial charge in [-0.2, -0.15) is 0 Å². The van der Waals surface area contributed by atoms with Crippen LogP contribution in [-0.4, -0.2) is 39.4 Å². The van der Waals surface area contributed by atoms with E-state index in [9.17, 15) is 24.0 Å². The average Bonchev–Trinajstić information content (AvgIpc) is 3.22. The van der Waals surface area contributed by atoms with Crippen LogP contribution in [0.3, 0.4) is 0 Å². The maximum Gasteiger partial charge on any atom is 0.332 e. The summed E-state index contributed by atoms with van der Waals surface area (Å²) in [5, 5.41) is 4.19. The van der Waals surface area contributed by atoms with Crippen LogP contribution in [0.25, 0.3) is 0 Å². The number of anilines is 1. The van der Waals surface area contributed by atoms with Crippen LogP contribution in [0.5, 0.6) is 0 Å². The molecule has 0 radical (unpaired) electrons. The summed E-state index contributed by atoms with van der Waals surface area (Å²) in [6, 6.07) is 2.29. The fourth-order valence-electron chi connectivity index (χ4n) is 2.66. The van der Waals surface area contributed by atoms with Crippen LogP contribution in [0, 0.1) is 5.92 Å². The van der Waals surface area contributed by atoms with Crippen molar-refractivity contribution < 1.29 is 19.1 Å². The van der Waals surface area contributed by atoms with Gasteiger partial charge in [0.2, 0.25) is 5.78 Å². The Balaban J connectivity index is 2.13. The summed E-state index contributed by atoms with van der Waals surface area (Å²) in [4.78, 5) is 61.8. The van der Waals surface area contributed by atoms with Crippen molar-refractivity contribution in [2.75, 3.05) is 12.3 Å². The number of nitrogens with one attached hydrogen (secondary N) is 1. The van der Waals surface area contributed by atoms with Crippen LogP contribution < -0.4 is 22.3 Å². The smallest absolute Gasteiger partial charge is 0.332 e. The standard InChI is InChI=1S/C19H24N4O6S/c1-10(2)8-23-15(20)14(17(26)22(4)19(23)28)12(24)9-29-18(27)11(3)21-16(25)13-6-5-7-30-13/h5-7,10-11H,8-9,20H2,1-4H3,(H,21,25). The first-order chi connectivity index (χ1) is 14.0. The average molecular weight is 436 g/mol. The number of rotatable bonds is 8. The van der Waals surface area contributed by atoms with Crippen molar-refractivity contribution in [1.82, 2.24) is 14.5 Å². The third-order valence-corrected chi connectivity index (χ3v) is 5.07. The van der Waals surface area contributed by atoms with Crippen LogP contribution in [-0.2, 0) is 23.1 Å². The Kier molecular flexibility index (Phi) is 7.33. The van der Waals surface area contributed by atoms with E-state index in [2.05, 4.69) is 5.32 Å². The summed E-state index contributed by atoms with van der Waals surface area (Å²) in [6.07, 6.45) is 0. The van der Waals surface area contributed by atoms with Crippen molar-refractivity contribution in [3.8, 4) is 0 Å². The minimum Gasteiger partial charge on any atom is -0.456 e. The van der Waals surface area contributed by atoms with Gasteiger partial charge in [0.05, 0.1) is 4.88 Å². The molecular formula is C19H24N4O6S. The Morgan fingerprint density at radius 2 is 1.90 bits per heavy atom. The van der Waals surface area contributed by atoms with Gasteiger partial charge in [-0.3, -0.25) is 23.5 Å². The lowest BCUT2D eigenvalue weighted by Crippen LogP contribution is -2.44. The number of hydrogen-bond donors (Lipinski definition) is 2. The number of carbonyl (C=O) groups is 3. The Labute approximate surface area is 176 Å². The highest BCUT2D eigenvalue weighted by molar-refractivity contribution is 7.12. The van der Waals surface area contributed by atoms with E-state index in [1.165, 1.54) is 25.3 Å². The minimum absolute atomic E-state index is 0.0380. The number of esters is 1. The second-order valence-corrected chi connectivity index (χ2v) is 8.06. The molecule has 3 N–H and O–H groups in total. The molecule has 1 unspecified atom stereocenters. The Morgan fingerprint density at radius 3 is 2.47 bits per heavy atom. The van der Waals surface area contributed by atoms with Gasteiger partial charge >= 0.3 is 11.7 Å². The topological polar surface area (TPSA) is 142 Å². The van der Waals surface area contributed by atoms with Crippen molar-refractivity contribution in [1.29, 1.82) is 0 Å². The van der Waals surface area contributed by atoms with Crippen LogP contribution in [0.1, 0.15) is 40.8 Å². The molecule has 1 atom stereocenters. The van der Waals surface area contributed by atoms with Gasteiger partial charge in [-0.05, 0) is 24.3 Å². The number of nitrogens with two attached hydrogens (primary N) is 1. The second kappa shape index (κ2) is 9.53. The molecule has 0 spiro atoms. The van der Waals surface area contributed by atoms with E-state index in [0.717, 1.165) is 9.13 Å². The molecule has 162 valence electrons. The van der Waals surface area contributed by atoms with Crippen LogP contribution in [0.4, 0.5) is 5.82 Å². The number of amides is 1. The van der Waals surface area contributed by atoms with Crippen LogP contribution in [0.2, 0.25) is 0 Å². The molecule has 0 bridgehead atoms. The van der Waals surface area contributed by atoms with E-state index in [-0.39, 0.29) is 18.3 Å². The molecule has 11 heteroatoms. The molecule has 0 aliphatic rings. The van der Waals surface area contributed by atoms with Gasteiger partial charge in [-0.25, -0.2) is 9.59 Å². The highest BCUT2D eigenvalue weighted by atomic mass is 32.1. The van der Waals surface area contributed by atoms with Crippen LogP contribution in [0.15, 0.2) is 27.1 Å². The van der Waals surface area contributed by atoms with Crippen molar-refractivity contribution in [3.63, 3.8) is 0 Å². The molecule has 30 heavy (non-hydrogen) atoms. The molecule has 0 fully saturated rings. The van der Waals surface area contributed by atoms with E-state index in [0.29, 0.717) is 4.88 Å². The zero-order valence-corrected chi connectivity index (χ0v) is 17.9. The first-order valence-electron chi connectivity index (χ1n) is 9.18. The summed E-state index contributed by atoms with van der Waals surface area (Å²) < 4.78 is 6.88. The number of nitrogens with zero attached hydrogens (tertiary/aromatic N) is 2. The lowest BCUT2D eigenvalue weighted by atomic mass is 10.1. The Bertz CT molecular complexity index is 1070. The third-order valence-electron chi connectivity index (χ3n) is 4.20. The van der Waals surface area contributed by atoms with Crippen molar-refractivity contribution in [2.45, 2.75) is 33.4 Å². The monoisotopic (exact) mass is 436 g/mol. The number of aromatic nitrogens is 2. The fraction of sp³-hybridized carbons (Fsp3) is 0.421. The predicted molar refractivity (Wildman–Crippen MR) is 112 cm³/mol. The summed E-state index contributed by atoms with van der Waals surface area (Å²) in [6.45, 7) is 4.58. The van der Waals surface area contributed by atoms with E-state index >= 15 is 0 Å². The molecule has 2 aromatic heterocycles. The van der Waals surface area contributed by atoms with Crippen molar-refractivity contribution in [2.24, 2.45) is 13.0 Å². The van der Waals surface area contributed by atoms with Crippen molar-refractivity contribution in [3.05, 3.63) is 48.8 Å². The van der Waals surface area contributed by atoms with Gasteiger partial charge in [0.1, 0.15) is 17.4 Å². The predicted octanol–water partition coefficient (Wildman–Crippen LogP) is 0.391. The van der Waals surface area contributed by atoms with Gasteiger partial charge in [0.15, 0.2) is 6.61 Å². The molecule has 2 aromatic rings. The molecule has 10 nitrogen and oxygen atoms in total. The maximum absolute atomic E-state index is 12.6. The number of thiophene rings is 1. The van der Waals surface area contributed by atoms with Crippen molar-refractivity contribution >= 4 is 34.8 Å². The van der Waals surface area contributed by atoms with Gasteiger partial charge < -0.3 is 15.8 Å². The Morgan fingerprint density at radius 1 is 1.23 bits per heavy atom. The molecule has 1 amide bonds. The zero-order chi connectivity index (χ0) is 22.6. The molecule has 2 heterocycles. The molecule has 2 rings (SSSR count). The molecule has 0 aromatic carbocycles. The third kappa shape index (κ3) is 5.03.